The average Bonchev–Trinajstić information content (AvgIpc) is 3.08. The standard InChI is InChI=1S/C19H16Cl2N2O2/c20-15-6-7-16(17(21)11-15)18(12-23-9-8-22-13-23)25-19(24)10-14-4-2-1-3-5-14/h1-9,11,13,18H,10,12H2. The van der Waals surface area contributed by atoms with E-state index in [0.717, 1.165) is 5.56 Å². The molecule has 128 valence electrons. The van der Waals surface area contributed by atoms with Gasteiger partial charge < -0.3 is 9.30 Å². The smallest absolute Gasteiger partial charge is 0.310 e. The average molecular weight is 375 g/mol. The summed E-state index contributed by atoms with van der Waals surface area (Å²) in [5.74, 6) is -0.317. The normalized spacial score (nSPS) is 11.9. The van der Waals surface area contributed by atoms with Gasteiger partial charge >= 0.3 is 5.97 Å². The molecule has 0 aliphatic carbocycles. The molecule has 0 saturated carbocycles. The molecule has 0 aliphatic rings. The summed E-state index contributed by atoms with van der Waals surface area (Å²) in [5, 5.41) is 0.996. The van der Waals surface area contributed by atoms with Gasteiger partial charge in [0.05, 0.1) is 19.3 Å². The summed E-state index contributed by atoms with van der Waals surface area (Å²) in [6.45, 7) is 0.419. The molecule has 0 saturated heterocycles. The molecule has 0 bridgehead atoms. The first-order valence-electron chi connectivity index (χ1n) is 7.76. The van der Waals surface area contributed by atoms with Crippen molar-refractivity contribution in [2.45, 2.75) is 19.1 Å². The van der Waals surface area contributed by atoms with E-state index in [2.05, 4.69) is 4.98 Å². The van der Waals surface area contributed by atoms with Crippen molar-refractivity contribution in [3.05, 3.63) is 88.4 Å². The molecule has 1 atom stereocenters. The number of hydrogen-bond acceptors (Lipinski definition) is 3. The zero-order valence-electron chi connectivity index (χ0n) is 13.3. The van der Waals surface area contributed by atoms with Gasteiger partial charge in [0.1, 0.15) is 6.10 Å². The zero-order valence-corrected chi connectivity index (χ0v) is 14.8. The highest BCUT2D eigenvalue weighted by molar-refractivity contribution is 6.35. The molecule has 3 rings (SSSR count). The lowest BCUT2D eigenvalue weighted by atomic mass is 10.1. The van der Waals surface area contributed by atoms with E-state index in [1.54, 1.807) is 30.7 Å². The van der Waals surface area contributed by atoms with Gasteiger partial charge in [-0.15, -0.1) is 0 Å². The zero-order chi connectivity index (χ0) is 17.6. The van der Waals surface area contributed by atoms with E-state index < -0.39 is 6.10 Å². The summed E-state index contributed by atoms with van der Waals surface area (Å²) in [4.78, 5) is 16.4. The van der Waals surface area contributed by atoms with Gasteiger partial charge in [0.2, 0.25) is 0 Å². The van der Waals surface area contributed by atoms with Gasteiger partial charge in [0.15, 0.2) is 0 Å². The molecule has 0 N–H and O–H groups in total. The minimum atomic E-state index is -0.532. The second kappa shape index (κ2) is 8.19. The quantitative estimate of drug-likeness (QED) is 0.586. The maximum atomic E-state index is 12.4. The van der Waals surface area contributed by atoms with E-state index in [0.29, 0.717) is 22.2 Å². The van der Waals surface area contributed by atoms with Crippen molar-refractivity contribution in [1.29, 1.82) is 0 Å². The van der Waals surface area contributed by atoms with Crippen LogP contribution in [0.5, 0.6) is 0 Å². The van der Waals surface area contributed by atoms with E-state index >= 15 is 0 Å². The van der Waals surface area contributed by atoms with Crippen LogP contribution in [0.3, 0.4) is 0 Å². The van der Waals surface area contributed by atoms with Gasteiger partial charge in [-0.2, -0.15) is 0 Å². The SMILES string of the molecule is O=C(Cc1ccccc1)OC(Cn1ccnc1)c1ccc(Cl)cc1Cl. The lowest BCUT2D eigenvalue weighted by Gasteiger charge is -2.20. The molecule has 1 unspecified atom stereocenters. The Labute approximate surface area is 156 Å². The fourth-order valence-electron chi connectivity index (χ4n) is 2.51. The van der Waals surface area contributed by atoms with E-state index in [1.165, 1.54) is 0 Å². The van der Waals surface area contributed by atoms with Crippen molar-refractivity contribution >= 4 is 29.2 Å². The molecular weight excluding hydrogens is 359 g/mol. The van der Waals surface area contributed by atoms with Gasteiger partial charge in [0.25, 0.3) is 0 Å². The Kier molecular flexibility index (Phi) is 5.74. The molecular formula is C19H16Cl2N2O2. The predicted molar refractivity (Wildman–Crippen MR) is 97.7 cm³/mol. The Morgan fingerprint density at radius 2 is 1.96 bits per heavy atom. The molecule has 1 heterocycles. The van der Waals surface area contributed by atoms with Crippen molar-refractivity contribution in [3.8, 4) is 0 Å². The maximum Gasteiger partial charge on any atom is 0.310 e. The first-order chi connectivity index (χ1) is 12.1. The summed E-state index contributed by atoms with van der Waals surface area (Å²) in [6.07, 6.45) is 4.82. The summed E-state index contributed by atoms with van der Waals surface area (Å²) >= 11 is 12.3. The molecule has 0 spiro atoms. The van der Waals surface area contributed by atoms with Crippen LogP contribution < -0.4 is 0 Å². The van der Waals surface area contributed by atoms with Gasteiger partial charge in [-0.3, -0.25) is 4.79 Å². The Morgan fingerprint density at radius 3 is 2.64 bits per heavy atom. The molecule has 3 aromatic rings. The van der Waals surface area contributed by atoms with Crippen molar-refractivity contribution in [2.24, 2.45) is 0 Å². The molecule has 25 heavy (non-hydrogen) atoms. The number of nitrogens with zero attached hydrogens (tertiary/aromatic N) is 2. The molecule has 2 aromatic carbocycles. The number of carbonyl (C=O) groups excluding carboxylic acids is 1. The fourth-order valence-corrected chi connectivity index (χ4v) is 3.04. The highest BCUT2D eigenvalue weighted by Gasteiger charge is 2.20. The van der Waals surface area contributed by atoms with Crippen LogP contribution in [0.1, 0.15) is 17.2 Å². The summed E-state index contributed by atoms with van der Waals surface area (Å²) in [5.41, 5.74) is 1.61. The van der Waals surface area contributed by atoms with Crippen LogP contribution in [0.25, 0.3) is 0 Å². The highest BCUT2D eigenvalue weighted by atomic mass is 35.5. The summed E-state index contributed by atoms with van der Waals surface area (Å²) in [6, 6.07) is 14.6. The van der Waals surface area contributed by atoms with E-state index in [-0.39, 0.29) is 12.4 Å². The van der Waals surface area contributed by atoms with Gasteiger partial charge in [-0.25, -0.2) is 4.98 Å². The second-order valence-electron chi connectivity index (χ2n) is 5.57. The minimum Gasteiger partial charge on any atom is -0.455 e. The van der Waals surface area contributed by atoms with Crippen molar-refractivity contribution in [2.75, 3.05) is 0 Å². The third-order valence-electron chi connectivity index (χ3n) is 3.71. The molecule has 4 nitrogen and oxygen atoms in total. The molecule has 6 heteroatoms. The van der Waals surface area contributed by atoms with Crippen LogP contribution in [0.4, 0.5) is 0 Å². The Morgan fingerprint density at radius 1 is 1.16 bits per heavy atom. The van der Waals surface area contributed by atoms with Crippen molar-refractivity contribution in [3.63, 3.8) is 0 Å². The number of carbonyl (C=O) groups is 1. The number of hydrogen-bond donors (Lipinski definition) is 0. The van der Waals surface area contributed by atoms with E-state index in [4.69, 9.17) is 27.9 Å². The molecule has 0 fully saturated rings. The second-order valence-corrected chi connectivity index (χ2v) is 6.41. The number of esters is 1. The van der Waals surface area contributed by atoms with Crippen LogP contribution in [0.15, 0.2) is 67.3 Å². The van der Waals surface area contributed by atoms with E-state index in [9.17, 15) is 4.79 Å². The Balaban J connectivity index is 1.79. The minimum absolute atomic E-state index is 0.201. The molecule has 0 radical (unpaired) electrons. The van der Waals surface area contributed by atoms with Crippen LogP contribution >= 0.6 is 23.2 Å². The fraction of sp³-hybridized carbons (Fsp3) is 0.158. The molecule has 0 amide bonds. The maximum absolute atomic E-state index is 12.4. The molecule has 0 aliphatic heterocycles. The van der Waals surface area contributed by atoms with E-state index in [1.807, 2.05) is 41.1 Å². The van der Waals surface area contributed by atoms with Crippen molar-refractivity contribution in [1.82, 2.24) is 9.55 Å². The van der Waals surface area contributed by atoms with Crippen LogP contribution in [-0.2, 0) is 22.5 Å². The monoisotopic (exact) mass is 374 g/mol. The number of halogens is 2. The van der Waals surface area contributed by atoms with Gasteiger partial charge in [-0.1, -0.05) is 59.6 Å². The first-order valence-corrected chi connectivity index (χ1v) is 8.51. The van der Waals surface area contributed by atoms with Crippen LogP contribution in [-0.4, -0.2) is 15.5 Å². The topological polar surface area (TPSA) is 44.1 Å². The van der Waals surface area contributed by atoms with Crippen LogP contribution in [0, 0.1) is 0 Å². The predicted octanol–water partition coefficient (Wildman–Crippen LogP) is 4.72. The molecule has 1 aromatic heterocycles. The first kappa shape index (κ1) is 17.5. The number of rotatable bonds is 6. The lowest BCUT2D eigenvalue weighted by molar-refractivity contribution is -0.149. The van der Waals surface area contributed by atoms with Gasteiger partial charge in [0, 0.05) is 28.0 Å². The summed E-state index contributed by atoms with van der Waals surface area (Å²) in [7, 11) is 0. The third kappa shape index (κ3) is 4.84. The number of aromatic nitrogens is 2. The van der Waals surface area contributed by atoms with Crippen molar-refractivity contribution < 1.29 is 9.53 Å². The highest BCUT2D eigenvalue weighted by Crippen LogP contribution is 2.30. The summed E-state index contributed by atoms with van der Waals surface area (Å²) < 4.78 is 7.56. The van der Waals surface area contributed by atoms with Crippen LogP contribution in [0.2, 0.25) is 10.0 Å². The third-order valence-corrected chi connectivity index (χ3v) is 4.27. The Hall–Kier alpha value is -2.30. The number of benzene rings is 2. The van der Waals surface area contributed by atoms with Gasteiger partial charge in [-0.05, 0) is 17.7 Å². The Bertz CT molecular complexity index is 836. The largest absolute Gasteiger partial charge is 0.455 e. The number of imidazole rings is 1. The lowest BCUT2D eigenvalue weighted by Crippen LogP contribution is -2.18. The number of ether oxygens (including phenoxy) is 1.